The molecule has 0 radical (unpaired) electrons. The molecule has 1 aliphatic carbocycles. The molecule has 0 spiro atoms. The molecule has 0 bridgehead atoms. The summed E-state index contributed by atoms with van der Waals surface area (Å²) in [5.74, 6) is 1.67. The van der Waals surface area contributed by atoms with Gasteiger partial charge in [0, 0.05) is 16.6 Å². The van der Waals surface area contributed by atoms with Crippen molar-refractivity contribution in [1.82, 2.24) is 0 Å². The van der Waals surface area contributed by atoms with Gasteiger partial charge in [0.2, 0.25) is 0 Å². The van der Waals surface area contributed by atoms with E-state index in [-0.39, 0.29) is 0 Å². The summed E-state index contributed by atoms with van der Waals surface area (Å²) in [6, 6.07) is 8.64. The van der Waals surface area contributed by atoms with Crippen molar-refractivity contribution in [2.75, 3.05) is 12.4 Å². The van der Waals surface area contributed by atoms with Crippen LogP contribution in [0.5, 0.6) is 0 Å². The summed E-state index contributed by atoms with van der Waals surface area (Å²) in [6.07, 6.45) is 4.05. The van der Waals surface area contributed by atoms with Crippen molar-refractivity contribution >= 4 is 17.5 Å². The quantitative estimate of drug-likeness (QED) is 0.677. The number of hydrogen-bond donors (Lipinski definition) is 1. The van der Waals surface area contributed by atoms with Crippen molar-refractivity contribution < 1.29 is 9.94 Å². The second kappa shape index (κ2) is 5.97. The zero-order valence-corrected chi connectivity index (χ0v) is 11.7. The topological polar surface area (TPSA) is 41.8 Å². The highest BCUT2D eigenvalue weighted by Crippen LogP contribution is 2.39. The average Bonchev–Trinajstić information content (AvgIpc) is 2.89. The molecular weight excluding hydrogens is 258 g/mol. The number of hydrogen-bond acceptors (Lipinski definition) is 4. The summed E-state index contributed by atoms with van der Waals surface area (Å²) < 4.78 is 6.07. The second-order valence-electron chi connectivity index (χ2n) is 5.24. The molecule has 0 amide bonds. The lowest BCUT2D eigenvalue weighted by molar-refractivity contribution is 0.0336. The first-order chi connectivity index (χ1) is 9.36. The van der Waals surface area contributed by atoms with Crippen LogP contribution in [0.25, 0.3) is 0 Å². The number of ether oxygens (including phenoxy) is 1. The van der Waals surface area contributed by atoms with Crippen LogP contribution in [0.1, 0.15) is 37.2 Å². The smallest absolute Gasteiger partial charge is 0.0582 e. The Kier molecular flexibility index (Phi) is 4.09. The lowest BCUT2D eigenvalue weighted by Crippen LogP contribution is -2.23. The first-order valence-corrected chi connectivity index (χ1v) is 7.88. The minimum atomic E-state index is 0.336. The summed E-state index contributed by atoms with van der Waals surface area (Å²) in [5, 5.41) is 12.0. The van der Waals surface area contributed by atoms with Gasteiger partial charge >= 0.3 is 0 Å². The van der Waals surface area contributed by atoms with E-state index in [0.717, 1.165) is 43.8 Å². The fraction of sp³-hybridized carbons (Fsp3) is 0.533. The van der Waals surface area contributed by atoms with E-state index in [1.165, 1.54) is 10.5 Å². The van der Waals surface area contributed by atoms with E-state index in [1.807, 2.05) is 11.8 Å². The van der Waals surface area contributed by atoms with Gasteiger partial charge in [-0.3, -0.25) is 0 Å². The maximum Gasteiger partial charge on any atom is 0.0582 e. The molecule has 1 heterocycles. The summed E-state index contributed by atoms with van der Waals surface area (Å²) in [6.45, 7) is 0.820. The first kappa shape index (κ1) is 13.0. The van der Waals surface area contributed by atoms with Gasteiger partial charge in [-0.25, -0.2) is 0 Å². The van der Waals surface area contributed by atoms with Crippen molar-refractivity contribution in [3.8, 4) is 0 Å². The third-order valence-electron chi connectivity index (χ3n) is 3.98. The zero-order valence-electron chi connectivity index (χ0n) is 10.9. The Labute approximate surface area is 118 Å². The normalized spacial score (nSPS) is 26.2. The Morgan fingerprint density at radius 3 is 2.84 bits per heavy atom. The molecule has 1 saturated carbocycles. The number of oxime groups is 1. The summed E-state index contributed by atoms with van der Waals surface area (Å²) in [4.78, 5) is 1.41. The predicted molar refractivity (Wildman–Crippen MR) is 77.3 cm³/mol. The maximum absolute atomic E-state index is 8.73. The molecule has 4 heteroatoms. The van der Waals surface area contributed by atoms with Crippen molar-refractivity contribution in [1.29, 1.82) is 0 Å². The lowest BCUT2D eigenvalue weighted by atomic mass is 9.95. The van der Waals surface area contributed by atoms with Crippen molar-refractivity contribution in [3.63, 3.8) is 0 Å². The molecule has 19 heavy (non-hydrogen) atoms. The number of rotatable bonds is 3. The fourth-order valence-corrected chi connectivity index (χ4v) is 4.04. The van der Waals surface area contributed by atoms with Gasteiger partial charge in [0.25, 0.3) is 0 Å². The second-order valence-corrected chi connectivity index (χ2v) is 6.31. The molecule has 3 nitrogen and oxygen atoms in total. The van der Waals surface area contributed by atoms with Gasteiger partial charge in [-0.1, -0.05) is 23.4 Å². The van der Waals surface area contributed by atoms with Gasteiger partial charge in [0.05, 0.1) is 18.4 Å². The van der Waals surface area contributed by atoms with E-state index in [4.69, 9.17) is 9.94 Å². The van der Waals surface area contributed by atoms with Crippen LogP contribution >= 0.6 is 11.8 Å². The molecule has 1 aromatic carbocycles. The van der Waals surface area contributed by atoms with Gasteiger partial charge in [-0.2, -0.15) is 0 Å². The number of thioether (sulfide) groups is 1. The van der Waals surface area contributed by atoms with Gasteiger partial charge in [-0.15, -0.1) is 11.8 Å². The number of nitrogens with zero attached hydrogens (tertiary/aromatic N) is 1. The molecule has 1 atom stereocenters. The lowest BCUT2D eigenvalue weighted by Gasteiger charge is -2.24. The van der Waals surface area contributed by atoms with Crippen LogP contribution in [-0.4, -0.2) is 29.4 Å². The van der Waals surface area contributed by atoms with Gasteiger partial charge < -0.3 is 9.94 Å². The molecule has 1 N–H and O–H groups in total. The average molecular weight is 277 g/mol. The van der Waals surface area contributed by atoms with Crippen LogP contribution < -0.4 is 0 Å². The van der Waals surface area contributed by atoms with E-state index in [2.05, 4.69) is 29.4 Å². The Morgan fingerprint density at radius 2 is 2.05 bits per heavy atom. The molecular formula is C15H19NO2S. The standard InChI is InChI=1S/C15H19NO2S/c17-16-12-5-7-13(8-6-12)18-9-11-10-19-15-4-2-1-3-14(11)15/h1-4,11,13,17H,5-10H2. The molecule has 0 aromatic heterocycles. The Balaban J connectivity index is 1.51. The molecule has 2 aliphatic rings. The molecule has 3 rings (SSSR count). The molecule has 102 valence electrons. The van der Waals surface area contributed by atoms with E-state index >= 15 is 0 Å². The van der Waals surface area contributed by atoms with Crippen LogP contribution in [-0.2, 0) is 4.74 Å². The molecule has 1 fully saturated rings. The minimum absolute atomic E-state index is 0.336. The Morgan fingerprint density at radius 1 is 1.26 bits per heavy atom. The van der Waals surface area contributed by atoms with Gasteiger partial charge in [0.1, 0.15) is 0 Å². The molecule has 1 aliphatic heterocycles. The molecule has 1 aromatic rings. The summed E-state index contributed by atoms with van der Waals surface area (Å²) in [5.41, 5.74) is 2.36. The van der Waals surface area contributed by atoms with Crippen LogP contribution in [0.15, 0.2) is 34.3 Å². The van der Waals surface area contributed by atoms with Crippen molar-refractivity contribution in [3.05, 3.63) is 29.8 Å². The molecule has 0 saturated heterocycles. The fourth-order valence-electron chi connectivity index (χ4n) is 2.81. The number of fused-ring (bicyclic) bond motifs is 1. The van der Waals surface area contributed by atoms with E-state index in [0.29, 0.717) is 12.0 Å². The Bertz CT molecular complexity index is 465. The minimum Gasteiger partial charge on any atom is -0.411 e. The highest BCUT2D eigenvalue weighted by molar-refractivity contribution is 7.99. The summed E-state index contributed by atoms with van der Waals surface area (Å²) >= 11 is 1.93. The first-order valence-electron chi connectivity index (χ1n) is 6.90. The van der Waals surface area contributed by atoms with Gasteiger partial charge in [-0.05, 0) is 37.3 Å². The van der Waals surface area contributed by atoms with Gasteiger partial charge in [0.15, 0.2) is 0 Å². The molecule has 1 unspecified atom stereocenters. The van der Waals surface area contributed by atoms with Crippen LogP contribution in [0.4, 0.5) is 0 Å². The highest BCUT2D eigenvalue weighted by atomic mass is 32.2. The van der Waals surface area contributed by atoms with Crippen LogP contribution in [0.2, 0.25) is 0 Å². The summed E-state index contributed by atoms with van der Waals surface area (Å²) in [7, 11) is 0. The largest absolute Gasteiger partial charge is 0.411 e. The van der Waals surface area contributed by atoms with Crippen LogP contribution in [0.3, 0.4) is 0 Å². The SMILES string of the molecule is ON=C1CCC(OCC2CSc3ccccc32)CC1. The van der Waals surface area contributed by atoms with E-state index in [9.17, 15) is 0 Å². The van der Waals surface area contributed by atoms with Crippen molar-refractivity contribution in [2.45, 2.75) is 42.6 Å². The van der Waals surface area contributed by atoms with Crippen LogP contribution in [0, 0.1) is 0 Å². The maximum atomic E-state index is 8.73. The van der Waals surface area contributed by atoms with E-state index in [1.54, 1.807) is 0 Å². The highest BCUT2D eigenvalue weighted by Gasteiger charge is 2.25. The third-order valence-corrected chi connectivity index (χ3v) is 5.24. The monoisotopic (exact) mass is 277 g/mol. The zero-order chi connectivity index (χ0) is 13.1. The van der Waals surface area contributed by atoms with Crippen molar-refractivity contribution in [2.24, 2.45) is 5.16 Å². The third kappa shape index (κ3) is 2.95. The van der Waals surface area contributed by atoms with E-state index < -0.39 is 0 Å². The Hall–Kier alpha value is -1.00. The predicted octanol–water partition coefficient (Wildman–Crippen LogP) is 3.67. The number of benzene rings is 1.